The van der Waals surface area contributed by atoms with Gasteiger partial charge in [0.2, 0.25) is 0 Å². The van der Waals surface area contributed by atoms with E-state index in [9.17, 15) is 0 Å². The highest BCUT2D eigenvalue weighted by molar-refractivity contribution is 5.86. The van der Waals surface area contributed by atoms with Gasteiger partial charge in [-0.1, -0.05) is 54.6 Å². The fraction of sp³-hybridized carbons (Fsp3) is 0.222. The van der Waals surface area contributed by atoms with Gasteiger partial charge in [0.1, 0.15) is 0 Å². The van der Waals surface area contributed by atoms with E-state index in [1.165, 1.54) is 21.9 Å². The first-order valence-corrected chi connectivity index (χ1v) is 6.50. The van der Waals surface area contributed by atoms with E-state index in [0.717, 1.165) is 12.8 Å². The quantitative estimate of drug-likeness (QED) is 0.663. The van der Waals surface area contributed by atoms with E-state index in [4.69, 9.17) is 0 Å². The Kier molecular flexibility index (Phi) is 4.35. The van der Waals surface area contributed by atoms with Gasteiger partial charge in [-0.15, -0.1) is 0 Å². The van der Waals surface area contributed by atoms with Crippen LogP contribution in [-0.4, -0.2) is 0 Å². The van der Waals surface area contributed by atoms with Crippen LogP contribution in [0.3, 0.4) is 0 Å². The molecule has 18 heavy (non-hydrogen) atoms. The molecule has 1 radical (unpaired) electrons. The fourth-order valence-electron chi connectivity index (χ4n) is 2.22. The molecule has 0 aliphatic heterocycles. The van der Waals surface area contributed by atoms with Crippen LogP contribution in [0.25, 0.3) is 10.8 Å². The minimum Gasteiger partial charge on any atom is -0.0913 e. The Morgan fingerprint density at radius 3 is 2.56 bits per heavy atom. The van der Waals surface area contributed by atoms with Crippen molar-refractivity contribution in [1.82, 2.24) is 0 Å². The molecule has 0 heteroatoms. The summed E-state index contributed by atoms with van der Waals surface area (Å²) in [5, 5.41) is 2.54. The van der Waals surface area contributed by atoms with Crippen LogP contribution in [0.2, 0.25) is 0 Å². The number of hydrogen-bond acceptors (Lipinski definition) is 0. The van der Waals surface area contributed by atoms with Gasteiger partial charge in [0, 0.05) is 0 Å². The molecule has 0 amide bonds. The summed E-state index contributed by atoms with van der Waals surface area (Å²) in [5.41, 5.74) is 2.85. The van der Waals surface area contributed by atoms with E-state index in [1.54, 1.807) is 0 Å². The van der Waals surface area contributed by atoms with Crippen LogP contribution in [0, 0.1) is 6.07 Å². The van der Waals surface area contributed by atoms with E-state index in [2.05, 4.69) is 68.5 Å². The van der Waals surface area contributed by atoms with Crippen LogP contribution in [-0.2, 0) is 12.8 Å². The number of rotatable bonds is 4. The zero-order valence-corrected chi connectivity index (χ0v) is 11.1. The predicted molar refractivity (Wildman–Crippen MR) is 79.8 cm³/mol. The molecular weight excluding hydrogens is 216 g/mol. The van der Waals surface area contributed by atoms with E-state index in [0.29, 0.717) is 0 Å². The summed E-state index contributed by atoms with van der Waals surface area (Å²) in [7, 11) is 0. The summed E-state index contributed by atoms with van der Waals surface area (Å²) >= 11 is 0. The Hall–Kier alpha value is -1.82. The maximum atomic E-state index is 3.31. The van der Waals surface area contributed by atoms with Gasteiger partial charge in [0.05, 0.1) is 0 Å². The van der Waals surface area contributed by atoms with Crippen molar-refractivity contribution >= 4 is 10.8 Å². The average Bonchev–Trinajstić information content (AvgIpc) is 2.43. The molecule has 91 valence electrons. The topological polar surface area (TPSA) is 0 Å². The van der Waals surface area contributed by atoms with Gasteiger partial charge in [-0.05, 0) is 54.7 Å². The van der Waals surface area contributed by atoms with Crippen molar-refractivity contribution in [3.8, 4) is 0 Å². The van der Waals surface area contributed by atoms with Crippen molar-refractivity contribution in [2.75, 3.05) is 0 Å². The second-order valence-electron chi connectivity index (χ2n) is 4.38. The molecule has 2 aromatic carbocycles. The maximum absolute atomic E-state index is 3.31. The molecule has 0 aromatic heterocycles. The van der Waals surface area contributed by atoms with Crippen LogP contribution in [0.4, 0.5) is 0 Å². The average molecular weight is 235 g/mol. The Balaban J connectivity index is 2.54. The summed E-state index contributed by atoms with van der Waals surface area (Å²) in [6.07, 6.45) is 10.7. The molecule has 0 aliphatic rings. The van der Waals surface area contributed by atoms with Crippen molar-refractivity contribution in [1.29, 1.82) is 0 Å². The molecule has 0 spiro atoms. The molecule has 0 saturated heterocycles. The highest BCUT2D eigenvalue weighted by Gasteiger charge is 2.05. The third-order valence-corrected chi connectivity index (χ3v) is 3.18. The van der Waals surface area contributed by atoms with Gasteiger partial charge in [0.25, 0.3) is 0 Å². The number of hydrogen-bond donors (Lipinski definition) is 0. The van der Waals surface area contributed by atoms with Crippen LogP contribution in [0.5, 0.6) is 0 Å². The molecular formula is C18H19. The largest absolute Gasteiger partial charge is 0.0913 e. The zero-order valence-electron chi connectivity index (χ0n) is 11.1. The highest BCUT2D eigenvalue weighted by atomic mass is 14.1. The fourth-order valence-corrected chi connectivity index (χ4v) is 2.22. The van der Waals surface area contributed by atoms with Crippen LogP contribution in [0.15, 0.2) is 54.6 Å². The first kappa shape index (κ1) is 12.6. The summed E-state index contributed by atoms with van der Waals surface area (Å²) in [5.74, 6) is 0. The second-order valence-corrected chi connectivity index (χ2v) is 4.38. The Labute approximate surface area is 110 Å². The van der Waals surface area contributed by atoms with Crippen LogP contribution < -0.4 is 0 Å². The molecule has 0 saturated carbocycles. The summed E-state index contributed by atoms with van der Waals surface area (Å²) in [6.45, 7) is 4.14. The van der Waals surface area contributed by atoms with E-state index in [-0.39, 0.29) is 0 Å². The third-order valence-electron chi connectivity index (χ3n) is 3.18. The number of fused-ring (bicyclic) bond motifs is 1. The van der Waals surface area contributed by atoms with Crippen LogP contribution in [0.1, 0.15) is 25.0 Å². The minimum absolute atomic E-state index is 0.999. The van der Waals surface area contributed by atoms with Gasteiger partial charge in [0.15, 0.2) is 0 Å². The molecule has 2 aromatic rings. The molecule has 2 rings (SSSR count). The molecule has 0 N–H and O–H groups in total. The van der Waals surface area contributed by atoms with Gasteiger partial charge in [-0.2, -0.15) is 0 Å². The number of benzene rings is 2. The lowest BCUT2D eigenvalue weighted by molar-refractivity contribution is 1.16. The molecule has 0 atom stereocenters. The summed E-state index contributed by atoms with van der Waals surface area (Å²) < 4.78 is 0. The smallest absolute Gasteiger partial charge is 0.00885 e. The van der Waals surface area contributed by atoms with Gasteiger partial charge in [-0.25, -0.2) is 0 Å². The molecule has 0 bridgehead atoms. The van der Waals surface area contributed by atoms with Crippen molar-refractivity contribution in [2.24, 2.45) is 0 Å². The zero-order chi connectivity index (χ0) is 12.8. The molecule has 0 nitrogen and oxygen atoms in total. The van der Waals surface area contributed by atoms with Crippen molar-refractivity contribution in [3.05, 3.63) is 71.8 Å². The minimum atomic E-state index is 0.999. The normalized spacial score (nSPS) is 11.9. The molecule has 0 fully saturated rings. The maximum Gasteiger partial charge on any atom is -0.00885 e. The van der Waals surface area contributed by atoms with E-state index >= 15 is 0 Å². The Morgan fingerprint density at radius 2 is 1.78 bits per heavy atom. The SMILES string of the molecule is CC=CCc1ccc2[c]cccc2c1CC=CC. The molecule has 0 heterocycles. The van der Waals surface area contributed by atoms with Crippen molar-refractivity contribution < 1.29 is 0 Å². The van der Waals surface area contributed by atoms with Crippen LogP contribution >= 0.6 is 0 Å². The monoisotopic (exact) mass is 235 g/mol. The molecule has 0 unspecified atom stereocenters. The third kappa shape index (κ3) is 2.70. The second kappa shape index (κ2) is 6.20. The lowest BCUT2D eigenvalue weighted by atomic mass is 9.94. The lowest BCUT2D eigenvalue weighted by Crippen LogP contribution is -1.94. The van der Waals surface area contributed by atoms with Gasteiger partial charge >= 0.3 is 0 Å². The van der Waals surface area contributed by atoms with E-state index in [1.807, 2.05) is 6.07 Å². The van der Waals surface area contributed by atoms with E-state index < -0.39 is 0 Å². The standard InChI is InChI=1S/C18H19/c1-3-5-9-15-13-14-16-10-7-8-12-18(16)17(15)11-6-4-2/h3-8,12-14H,9,11H2,1-2H3. The number of allylic oxidation sites excluding steroid dienone is 4. The van der Waals surface area contributed by atoms with Crippen molar-refractivity contribution in [3.63, 3.8) is 0 Å². The predicted octanol–water partition coefficient (Wildman–Crippen LogP) is 4.88. The highest BCUT2D eigenvalue weighted by Crippen LogP contribution is 2.23. The summed E-state index contributed by atoms with van der Waals surface area (Å²) in [6, 6.07) is 14.0. The Bertz CT molecular complexity index is 574. The summed E-state index contributed by atoms with van der Waals surface area (Å²) in [4.78, 5) is 0. The first-order chi connectivity index (χ1) is 8.86. The molecule has 0 aliphatic carbocycles. The van der Waals surface area contributed by atoms with Gasteiger partial charge in [-0.3, -0.25) is 0 Å². The van der Waals surface area contributed by atoms with Gasteiger partial charge < -0.3 is 0 Å². The Morgan fingerprint density at radius 1 is 1.00 bits per heavy atom. The lowest BCUT2D eigenvalue weighted by Gasteiger charge is -2.10. The first-order valence-electron chi connectivity index (χ1n) is 6.50. The van der Waals surface area contributed by atoms with Crippen molar-refractivity contribution in [2.45, 2.75) is 26.7 Å².